The van der Waals surface area contributed by atoms with Gasteiger partial charge in [-0.3, -0.25) is 4.79 Å². The monoisotopic (exact) mass is 278 g/mol. The van der Waals surface area contributed by atoms with Crippen molar-refractivity contribution in [2.24, 2.45) is 5.84 Å². The molecule has 1 aromatic rings. The van der Waals surface area contributed by atoms with Crippen molar-refractivity contribution in [1.29, 1.82) is 0 Å². The molecule has 0 aliphatic carbocycles. The summed E-state index contributed by atoms with van der Waals surface area (Å²) in [6.45, 7) is 3.40. The van der Waals surface area contributed by atoms with E-state index in [-0.39, 0.29) is 11.9 Å². The average molecular weight is 278 g/mol. The summed E-state index contributed by atoms with van der Waals surface area (Å²) in [5, 5.41) is 0. The second-order valence-corrected chi connectivity index (χ2v) is 5.06. The van der Waals surface area contributed by atoms with Crippen molar-refractivity contribution in [2.45, 2.75) is 32.2 Å². The summed E-state index contributed by atoms with van der Waals surface area (Å²) >= 11 is 0. The lowest BCUT2D eigenvalue weighted by Crippen LogP contribution is -2.37. The first-order chi connectivity index (χ1) is 9.65. The van der Waals surface area contributed by atoms with Gasteiger partial charge in [-0.15, -0.1) is 0 Å². The van der Waals surface area contributed by atoms with Crippen molar-refractivity contribution >= 4 is 11.7 Å². The number of hydrazine groups is 1. The lowest BCUT2D eigenvalue weighted by molar-refractivity contribution is 0.0711. The van der Waals surface area contributed by atoms with Gasteiger partial charge in [-0.2, -0.15) is 0 Å². The minimum absolute atomic E-state index is 0.0169. The van der Waals surface area contributed by atoms with E-state index < -0.39 is 0 Å². The Kier molecular flexibility index (Phi) is 4.92. The molecule has 6 heteroatoms. The van der Waals surface area contributed by atoms with E-state index in [1.165, 1.54) is 0 Å². The number of pyridine rings is 1. The number of rotatable bonds is 5. The number of nitrogens with zero attached hydrogens (tertiary/aromatic N) is 2. The molecule has 20 heavy (non-hydrogen) atoms. The van der Waals surface area contributed by atoms with Crippen LogP contribution in [0.1, 0.15) is 35.8 Å². The summed E-state index contributed by atoms with van der Waals surface area (Å²) in [6, 6.07) is 3.69. The molecule has 0 aromatic carbocycles. The Bertz CT molecular complexity index is 472. The van der Waals surface area contributed by atoms with Gasteiger partial charge in [-0.25, -0.2) is 10.8 Å². The molecule has 1 fully saturated rings. The highest BCUT2D eigenvalue weighted by Gasteiger charge is 2.25. The van der Waals surface area contributed by atoms with Gasteiger partial charge in [0.2, 0.25) is 0 Å². The van der Waals surface area contributed by atoms with Crippen LogP contribution in [-0.2, 0) is 11.2 Å². The summed E-state index contributed by atoms with van der Waals surface area (Å²) in [6.07, 6.45) is 2.68. The number of aromatic nitrogens is 1. The molecule has 2 heterocycles. The predicted octanol–water partition coefficient (Wildman–Crippen LogP) is 1.18. The summed E-state index contributed by atoms with van der Waals surface area (Å²) in [7, 11) is 1.82. The van der Waals surface area contributed by atoms with Crippen molar-refractivity contribution in [3.8, 4) is 0 Å². The van der Waals surface area contributed by atoms with Crippen LogP contribution in [0.2, 0.25) is 0 Å². The molecular weight excluding hydrogens is 256 g/mol. The second kappa shape index (κ2) is 6.67. The Morgan fingerprint density at radius 2 is 2.40 bits per heavy atom. The fourth-order valence-corrected chi connectivity index (χ4v) is 2.37. The van der Waals surface area contributed by atoms with Crippen LogP contribution in [0, 0.1) is 0 Å². The molecule has 0 bridgehead atoms. The summed E-state index contributed by atoms with van der Waals surface area (Å²) in [5.74, 6) is 5.93. The molecule has 1 amide bonds. The summed E-state index contributed by atoms with van der Waals surface area (Å²) < 4.78 is 5.33. The standard InChI is InChI=1S/C14H22N4O2/c1-3-4-11-7-10(8-13(16-11)17-15)14(19)18(2)12-5-6-20-9-12/h7-8,12H,3-6,9,15H2,1-2H3,(H,16,17). The smallest absolute Gasteiger partial charge is 0.254 e. The number of carbonyl (C=O) groups excluding carboxylic acids is 1. The largest absolute Gasteiger partial charge is 0.379 e. The highest BCUT2D eigenvalue weighted by molar-refractivity contribution is 5.95. The first-order valence-corrected chi connectivity index (χ1v) is 6.98. The van der Waals surface area contributed by atoms with E-state index in [1.54, 1.807) is 11.0 Å². The zero-order valence-corrected chi connectivity index (χ0v) is 12.1. The molecule has 0 saturated carbocycles. The molecule has 0 radical (unpaired) electrons. The molecule has 1 aliphatic heterocycles. The van der Waals surface area contributed by atoms with E-state index in [0.29, 0.717) is 18.0 Å². The molecule has 0 spiro atoms. The maximum absolute atomic E-state index is 12.5. The van der Waals surface area contributed by atoms with E-state index >= 15 is 0 Å². The number of nitrogens with one attached hydrogen (secondary N) is 1. The van der Waals surface area contributed by atoms with Crippen molar-refractivity contribution in [3.63, 3.8) is 0 Å². The van der Waals surface area contributed by atoms with E-state index in [2.05, 4.69) is 17.3 Å². The van der Waals surface area contributed by atoms with Gasteiger partial charge in [0.1, 0.15) is 5.82 Å². The van der Waals surface area contributed by atoms with Gasteiger partial charge in [0, 0.05) is 24.9 Å². The Morgan fingerprint density at radius 3 is 3.00 bits per heavy atom. The SMILES string of the molecule is CCCc1cc(C(=O)N(C)C2CCOC2)cc(NN)n1. The zero-order valence-electron chi connectivity index (χ0n) is 12.1. The molecule has 110 valence electrons. The van der Waals surface area contributed by atoms with Crippen LogP contribution in [0.4, 0.5) is 5.82 Å². The number of anilines is 1. The van der Waals surface area contributed by atoms with Gasteiger partial charge in [0.25, 0.3) is 5.91 Å². The first-order valence-electron chi connectivity index (χ1n) is 6.98. The Morgan fingerprint density at radius 1 is 1.60 bits per heavy atom. The van der Waals surface area contributed by atoms with Crippen molar-refractivity contribution < 1.29 is 9.53 Å². The van der Waals surface area contributed by atoms with Crippen LogP contribution in [0.3, 0.4) is 0 Å². The fourth-order valence-electron chi connectivity index (χ4n) is 2.37. The average Bonchev–Trinajstić information content (AvgIpc) is 2.99. The molecule has 1 unspecified atom stereocenters. The third-order valence-electron chi connectivity index (χ3n) is 3.55. The number of ether oxygens (including phenoxy) is 1. The molecule has 6 nitrogen and oxygen atoms in total. The summed E-state index contributed by atoms with van der Waals surface area (Å²) in [4.78, 5) is 18.6. The molecule has 1 atom stereocenters. The quantitative estimate of drug-likeness (QED) is 0.624. The van der Waals surface area contributed by atoms with Crippen molar-refractivity contribution in [2.75, 3.05) is 25.7 Å². The number of hydrogen-bond acceptors (Lipinski definition) is 5. The molecule has 1 aliphatic rings. The Balaban J connectivity index is 2.21. The van der Waals surface area contributed by atoms with Gasteiger partial charge in [0.15, 0.2) is 0 Å². The van der Waals surface area contributed by atoms with Gasteiger partial charge >= 0.3 is 0 Å². The summed E-state index contributed by atoms with van der Waals surface area (Å²) in [5.41, 5.74) is 4.02. The number of likely N-dealkylation sites (N-methyl/N-ethyl adjacent to an activating group) is 1. The molecular formula is C14H22N4O2. The van der Waals surface area contributed by atoms with Crippen LogP contribution < -0.4 is 11.3 Å². The molecule has 1 saturated heterocycles. The van der Waals surface area contributed by atoms with Gasteiger partial charge in [0.05, 0.1) is 12.6 Å². The molecule has 3 N–H and O–H groups in total. The van der Waals surface area contributed by atoms with Crippen LogP contribution in [0.25, 0.3) is 0 Å². The van der Waals surface area contributed by atoms with E-state index in [9.17, 15) is 4.79 Å². The van der Waals surface area contributed by atoms with E-state index in [4.69, 9.17) is 10.6 Å². The van der Waals surface area contributed by atoms with Crippen LogP contribution >= 0.6 is 0 Å². The number of amides is 1. The third kappa shape index (κ3) is 3.26. The number of aryl methyl sites for hydroxylation is 1. The van der Waals surface area contributed by atoms with Crippen molar-refractivity contribution in [1.82, 2.24) is 9.88 Å². The van der Waals surface area contributed by atoms with Gasteiger partial charge < -0.3 is 15.1 Å². The number of hydrogen-bond donors (Lipinski definition) is 2. The minimum Gasteiger partial charge on any atom is -0.379 e. The highest BCUT2D eigenvalue weighted by atomic mass is 16.5. The lowest BCUT2D eigenvalue weighted by atomic mass is 10.1. The van der Waals surface area contributed by atoms with Crippen LogP contribution in [0.15, 0.2) is 12.1 Å². The van der Waals surface area contributed by atoms with E-state index in [1.807, 2.05) is 13.1 Å². The minimum atomic E-state index is -0.0169. The number of nitrogens with two attached hydrogens (primary N) is 1. The predicted molar refractivity (Wildman–Crippen MR) is 77.4 cm³/mol. The van der Waals surface area contributed by atoms with Crippen LogP contribution in [-0.4, -0.2) is 42.1 Å². The molecule has 1 aromatic heterocycles. The Labute approximate surface area is 119 Å². The normalized spacial score (nSPS) is 18.1. The topological polar surface area (TPSA) is 80.5 Å². The first kappa shape index (κ1) is 14.7. The lowest BCUT2D eigenvalue weighted by Gasteiger charge is -2.23. The fraction of sp³-hybridized carbons (Fsp3) is 0.571. The Hall–Kier alpha value is -1.66. The van der Waals surface area contributed by atoms with Gasteiger partial charge in [-0.05, 0) is 25.0 Å². The molecule has 2 rings (SSSR count). The third-order valence-corrected chi connectivity index (χ3v) is 3.55. The number of nitrogen functional groups attached to an aromatic ring is 1. The second-order valence-electron chi connectivity index (χ2n) is 5.06. The van der Waals surface area contributed by atoms with Crippen LogP contribution in [0.5, 0.6) is 0 Å². The number of carbonyl (C=O) groups is 1. The van der Waals surface area contributed by atoms with Gasteiger partial charge in [-0.1, -0.05) is 13.3 Å². The van der Waals surface area contributed by atoms with E-state index in [0.717, 1.165) is 31.6 Å². The maximum Gasteiger partial charge on any atom is 0.254 e. The highest BCUT2D eigenvalue weighted by Crippen LogP contribution is 2.17. The van der Waals surface area contributed by atoms with Crippen molar-refractivity contribution in [3.05, 3.63) is 23.4 Å². The zero-order chi connectivity index (χ0) is 14.5. The maximum atomic E-state index is 12.5.